The third-order valence-electron chi connectivity index (χ3n) is 12.6. The van der Waals surface area contributed by atoms with Crippen molar-refractivity contribution in [1.29, 1.82) is 0 Å². The second kappa shape index (κ2) is 22.0. The Morgan fingerprint density at radius 1 is 0.887 bits per heavy atom. The van der Waals surface area contributed by atoms with Crippen LogP contribution in [0.1, 0.15) is 73.6 Å². The Kier molecular flexibility index (Phi) is 14.8. The molecule has 2 saturated heterocycles. The van der Waals surface area contributed by atoms with Crippen LogP contribution in [0.4, 0.5) is 23.0 Å². The third-order valence-corrected chi connectivity index (χ3v) is 12.6. The third kappa shape index (κ3) is 11.6. The van der Waals surface area contributed by atoms with E-state index in [-0.39, 0.29) is 35.8 Å². The van der Waals surface area contributed by atoms with Crippen LogP contribution in [0.5, 0.6) is 0 Å². The van der Waals surface area contributed by atoms with Gasteiger partial charge in [0.05, 0.1) is 42.3 Å². The average molecular weight is 960 g/mol. The van der Waals surface area contributed by atoms with Crippen LogP contribution in [0.25, 0.3) is 11.3 Å². The molecule has 6 heterocycles. The van der Waals surface area contributed by atoms with Crippen LogP contribution in [-0.2, 0) is 38.6 Å². The first-order valence-corrected chi connectivity index (χ1v) is 23.6. The van der Waals surface area contributed by atoms with Crippen molar-refractivity contribution in [3.8, 4) is 11.3 Å². The number of pyridine rings is 1. The van der Waals surface area contributed by atoms with Crippen molar-refractivity contribution in [2.45, 2.75) is 58.2 Å². The molecule has 2 fully saturated rings. The fourth-order valence-electron chi connectivity index (χ4n) is 8.75. The Balaban J connectivity index is 0.647. The zero-order chi connectivity index (χ0) is 49.3. The molecule has 6 aromatic rings. The Morgan fingerprint density at radius 3 is 2.54 bits per heavy atom. The van der Waals surface area contributed by atoms with Crippen molar-refractivity contribution in [2.75, 3.05) is 61.9 Å². The van der Waals surface area contributed by atoms with E-state index >= 15 is 0 Å². The minimum absolute atomic E-state index is 0.0522. The molecular formula is C51H53N13O7. The molecule has 9 rings (SSSR count). The van der Waals surface area contributed by atoms with E-state index in [9.17, 15) is 28.8 Å². The maximum Gasteiger partial charge on any atom is 0.264 e. The molecule has 1 atom stereocenters. The number of piperidine rings is 1. The van der Waals surface area contributed by atoms with Crippen molar-refractivity contribution in [2.24, 2.45) is 0 Å². The lowest BCUT2D eigenvalue weighted by atomic mass is 10.0. The first-order valence-electron chi connectivity index (χ1n) is 23.6. The van der Waals surface area contributed by atoms with E-state index in [1.165, 1.54) is 0 Å². The van der Waals surface area contributed by atoms with Crippen LogP contribution < -0.4 is 21.3 Å². The lowest BCUT2D eigenvalue weighted by molar-refractivity contribution is -0.136. The highest BCUT2D eigenvalue weighted by Crippen LogP contribution is 2.32. The molecule has 3 aromatic heterocycles. The number of fused-ring (bicyclic) bond motifs is 1. The van der Waals surface area contributed by atoms with Crippen LogP contribution in [0.3, 0.4) is 0 Å². The molecule has 0 saturated carbocycles. The summed E-state index contributed by atoms with van der Waals surface area (Å²) >= 11 is 0. The molecule has 364 valence electrons. The summed E-state index contributed by atoms with van der Waals surface area (Å²) in [6.45, 7) is 7.00. The number of benzene rings is 3. The summed E-state index contributed by atoms with van der Waals surface area (Å²) in [6, 6.07) is 22.8. The number of carbonyl (C=O) groups is 6. The van der Waals surface area contributed by atoms with E-state index in [4.69, 9.17) is 4.74 Å². The number of anilines is 4. The van der Waals surface area contributed by atoms with Gasteiger partial charge in [-0.2, -0.15) is 0 Å². The summed E-state index contributed by atoms with van der Waals surface area (Å²) in [5.41, 5.74) is 7.30. The molecule has 3 aromatic carbocycles. The number of piperazine rings is 1. The first kappa shape index (κ1) is 47.8. The topological polar surface area (TPSA) is 239 Å². The minimum Gasteiger partial charge on any atom is -0.382 e. The van der Waals surface area contributed by atoms with Gasteiger partial charge in [0, 0.05) is 105 Å². The normalized spacial score (nSPS) is 15.9. The van der Waals surface area contributed by atoms with Crippen LogP contribution >= 0.6 is 0 Å². The Hall–Kier alpha value is -8.23. The van der Waals surface area contributed by atoms with Gasteiger partial charge in [-0.3, -0.25) is 48.9 Å². The number of rotatable bonds is 19. The number of carbonyl (C=O) groups excluding carboxylic acids is 6. The summed E-state index contributed by atoms with van der Waals surface area (Å²) in [4.78, 5) is 95.2. The Morgan fingerprint density at radius 2 is 1.73 bits per heavy atom. The van der Waals surface area contributed by atoms with Crippen molar-refractivity contribution in [3.05, 3.63) is 137 Å². The zero-order valence-corrected chi connectivity index (χ0v) is 39.2. The molecule has 4 N–H and O–H groups in total. The molecule has 6 amide bonds. The van der Waals surface area contributed by atoms with E-state index in [0.29, 0.717) is 88.1 Å². The number of nitrogens with one attached hydrogen (secondary N) is 4. The van der Waals surface area contributed by atoms with Crippen LogP contribution in [0.15, 0.2) is 104 Å². The maximum absolute atomic E-state index is 13.3. The molecule has 3 aliphatic heterocycles. The molecule has 20 heteroatoms. The van der Waals surface area contributed by atoms with Gasteiger partial charge in [0.15, 0.2) is 0 Å². The van der Waals surface area contributed by atoms with E-state index in [1.807, 2.05) is 78.7 Å². The van der Waals surface area contributed by atoms with Gasteiger partial charge in [0.2, 0.25) is 23.7 Å². The predicted molar refractivity (Wildman–Crippen MR) is 261 cm³/mol. The fourth-order valence-corrected chi connectivity index (χ4v) is 8.75. The van der Waals surface area contributed by atoms with Crippen LogP contribution in [0, 0.1) is 6.92 Å². The van der Waals surface area contributed by atoms with Crippen LogP contribution in [-0.4, -0.2) is 132 Å². The highest BCUT2D eigenvalue weighted by Gasteiger charge is 2.45. The van der Waals surface area contributed by atoms with Crippen molar-refractivity contribution in [1.82, 2.24) is 50.0 Å². The van der Waals surface area contributed by atoms with Gasteiger partial charge in [-0.1, -0.05) is 29.5 Å². The molecule has 0 bridgehead atoms. The molecule has 0 aliphatic carbocycles. The van der Waals surface area contributed by atoms with E-state index in [2.05, 4.69) is 51.4 Å². The van der Waals surface area contributed by atoms with E-state index in [0.717, 1.165) is 51.8 Å². The summed E-state index contributed by atoms with van der Waals surface area (Å²) in [5, 5.41) is 20.1. The SMILES string of the molecule is Cc1ccc(NC(=O)c2ccc(CN3CCN(C(=O)CCCc4cn(CCOCCNc5cccc6c5C(=O)N(C5CCC(=O)NC5=O)C6=O)nn4)CC3)cc2)cc1Nc1nccc(-c2cccnc2)n1. The second-order valence-electron chi connectivity index (χ2n) is 17.5. The van der Waals surface area contributed by atoms with Gasteiger partial charge in [-0.05, 0) is 91.9 Å². The highest BCUT2D eigenvalue weighted by molar-refractivity contribution is 6.25. The lowest BCUT2D eigenvalue weighted by Crippen LogP contribution is -2.54. The maximum atomic E-state index is 13.3. The molecule has 20 nitrogen and oxygen atoms in total. The number of aromatic nitrogens is 6. The minimum atomic E-state index is -1.03. The monoisotopic (exact) mass is 959 g/mol. The molecule has 0 radical (unpaired) electrons. The number of ether oxygens (including phenoxy) is 1. The largest absolute Gasteiger partial charge is 0.382 e. The summed E-state index contributed by atoms with van der Waals surface area (Å²) in [5.74, 6) is -1.87. The van der Waals surface area contributed by atoms with E-state index in [1.54, 1.807) is 41.5 Å². The lowest BCUT2D eigenvalue weighted by Gasteiger charge is -2.34. The van der Waals surface area contributed by atoms with Gasteiger partial charge >= 0.3 is 0 Å². The Bertz CT molecular complexity index is 2940. The van der Waals surface area contributed by atoms with Crippen molar-refractivity contribution >= 4 is 58.5 Å². The van der Waals surface area contributed by atoms with Gasteiger partial charge in [0.1, 0.15) is 6.04 Å². The summed E-state index contributed by atoms with van der Waals surface area (Å²) < 4.78 is 7.49. The number of aryl methyl sites for hydroxylation is 2. The van der Waals surface area contributed by atoms with Gasteiger partial charge in [0.25, 0.3) is 17.7 Å². The number of imide groups is 2. The number of amides is 6. The second-order valence-corrected chi connectivity index (χ2v) is 17.5. The quantitative estimate of drug-likeness (QED) is 0.0640. The number of hydrogen-bond donors (Lipinski definition) is 4. The molecule has 71 heavy (non-hydrogen) atoms. The first-order chi connectivity index (χ1) is 34.6. The van der Waals surface area contributed by atoms with Gasteiger partial charge in [-0.15, -0.1) is 5.10 Å². The molecular weight excluding hydrogens is 907 g/mol. The smallest absolute Gasteiger partial charge is 0.264 e. The van der Waals surface area contributed by atoms with Gasteiger partial charge < -0.3 is 25.6 Å². The molecule has 1 unspecified atom stereocenters. The van der Waals surface area contributed by atoms with Crippen molar-refractivity contribution in [3.63, 3.8) is 0 Å². The Labute approximate surface area is 409 Å². The highest BCUT2D eigenvalue weighted by atomic mass is 16.5. The van der Waals surface area contributed by atoms with Crippen molar-refractivity contribution < 1.29 is 33.5 Å². The van der Waals surface area contributed by atoms with E-state index < -0.39 is 29.7 Å². The molecule has 0 spiro atoms. The van der Waals surface area contributed by atoms with Crippen LogP contribution in [0.2, 0.25) is 0 Å². The molecule has 3 aliphatic rings. The average Bonchev–Trinajstić information content (AvgIpc) is 3.94. The number of hydrogen-bond acceptors (Lipinski definition) is 15. The zero-order valence-electron chi connectivity index (χ0n) is 39.2. The summed E-state index contributed by atoms with van der Waals surface area (Å²) in [6.07, 6.45) is 8.85. The number of nitrogens with zero attached hydrogens (tertiary/aromatic N) is 9. The van der Waals surface area contributed by atoms with Gasteiger partial charge in [-0.25, -0.2) is 14.6 Å². The summed E-state index contributed by atoms with van der Waals surface area (Å²) in [7, 11) is 0. The standard InChI is InChI=1S/C51H53N13O7/c1-33-10-15-37(29-42(33)57-51-54-20-18-40(56-51)36-5-4-19-52-30-36)55-47(67)35-13-11-34(12-14-35)31-61-22-24-62(25-23-61)45(66)9-2-6-38-32-63(60-59-38)26-28-71-27-21-53-41-8-3-7-39-46(41)50(70)64(49(39)69)43-16-17-44(65)58-48(43)68/h3-5,7-8,10-15,18-20,29-30,32,43,53H,2,6,9,16-17,21-28,31H2,1H3,(H,55,67)(H,54,56,57)(H,58,65,68). The predicted octanol–water partition coefficient (Wildman–Crippen LogP) is 4.63. The fraction of sp³-hybridized carbons (Fsp3) is 0.314.